The van der Waals surface area contributed by atoms with Crippen LogP contribution in [0.4, 0.5) is 0 Å². The van der Waals surface area contributed by atoms with Gasteiger partial charge >= 0.3 is 0 Å². The number of rotatable bonds is 6. The fraction of sp³-hybridized carbons (Fsp3) is 0.136. The summed E-state index contributed by atoms with van der Waals surface area (Å²) >= 11 is 3.46. The van der Waals surface area contributed by atoms with Gasteiger partial charge in [0, 0.05) is 10.0 Å². The lowest BCUT2D eigenvalue weighted by Gasteiger charge is -2.17. The molecule has 0 aliphatic carbocycles. The second-order valence-corrected chi connectivity index (χ2v) is 6.80. The van der Waals surface area contributed by atoms with Gasteiger partial charge in [0.25, 0.3) is 0 Å². The van der Waals surface area contributed by atoms with Crippen LogP contribution in [0.5, 0.6) is 5.75 Å². The van der Waals surface area contributed by atoms with Crippen LogP contribution < -0.4 is 4.74 Å². The third-order valence-electron chi connectivity index (χ3n) is 4.25. The largest absolute Gasteiger partial charge is 0.497 e. The van der Waals surface area contributed by atoms with E-state index in [1.54, 1.807) is 7.11 Å². The smallest absolute Gasteiger partial charge is 0.170 e. The minimum absolute atomic E-state index is 0.119. The van der Waals surface area contributed by atoms with Gasteiger partial charge in [0.2, 0.25) is 0 Å². The highest BCUT2D eigenvalue weighted by Crippen LogP contribution is 2.27. The molecule has 25 heavy (non-hydrogen) atoms. The van der Waals surface area contributed by atoms with Crippen molar-refractivity contribution < 1.29 is 9.53 Å². The van der Waals surface area contributed by atoms with Crippen LogP contribution in [0.15, 0.2) is 83.3 Å². The molecule has 1 atom stereocenters. The van der Waals surface area contributed by atoms with Crippen LogP contribution in [0.1, 0.15) is 27.4 Å². The molecule has 3 aromatic rings. The van der Waals surface area contributed by atoms with Crippen LogP contribution >= 0.6 is 15.9 Å². The van der Waals surface area contributed by atoms with Gasteiger partial charge in [0.15, 0.2) is 5.78 Å². The number of carbonyl (C=O) groups excluding carboxylic acids is 1. The molecule has 3 heteroatoms. The fourth-order valence-corrected chi connectivity index (χ4v) is 3.13. The molecule has 0 saturated heterocycles. The van der Waals surface area contributed by atoms with Gasteiger partial charge < -0.3 is 4.74 Å². The van der Waals surface area contributed by atoms with E-state index in [1.165, 1.54) is 0 Å². The first-order valence-electron chi connectivity index (χ1n) is 8.15. The normalized spacial score (nSPS) is 11.8. The van der Waals surface area contributed by atoms with Crippen molar-refractivity contribution >= 4 is 21.7 Å². The summed E-state index contributed by atoms with van der Waals surface area (Å²) < 4.78 is 6.19. The highest BCUT2D eigenvalue weighted by Gasteiger charge is 2.22. The number of ether oxygens (including phenoxy) is 1. The number of hydrogen-bond acceptors (Lipinski definition) is 2. The molecular weight excluding hydrogens is 376 g/mol. The Balaban J connectivity index is 1.94. The monoisotopic (exact) mass is 394 g/mol. The molecule has 0 saturated carbocycles. The molecule has 3 rings (SSSR count). The highest BCUT2D eigenvalue weighted by molar-refractivity contribution is 9.10. The first-order chi connectivity index (χ1) is 12.2. The van der Waals surface area contributed by atoms with E-state index in [0.717, 1.165) is 21.3 Å². The van der Waals surface area contributed by atoms with E-state index in [9.17, 15) is 4.79 Å². The number of hydrogen-bond donors (Lipinski definition) is 0. The predicted octanol–water partition coefficient (Wildman–Crippen LogP) is 5.67. The summed E-state index contributed by atoms with van der Waals surface area (Å²) in [5.41, 5.74) is 2.87. The number of Topliss-reactive ketones (excluding diaryl/α,β-unsaturated/α-hetero) is 1. The van der Waals surface area contributed by atoms with Crippen molar-refractivity contribution in [2.24, 2.45) is 0 Å². The van der Waals surface area contributed by atoms with Crippen LogP contribution in [0.25, 0.3) is 0 Å². The van der Waals surface area contributed by atoms with Crippen molar-refractivity contribution in [2.75, 3.05) is 7.11 Å². The maximum absolute atomic E-state index is 13.2. The van der Waals surface area contributed by atoms with Gasteiger partial charge in [0.1, 0.15) is 5.75 Å². The average Bonchev–Trinajstić information content (AvgIpc) is 2.67. The van der Waals surface area contributed by atoms with Crippen LogP contribution in [-0.2, 0) is 6.42 Å². The van der Waals surface area contributed by atoms with Gasteiger partial charge in [-0.05, 0) is 53.9 Å². The summed E-state index contributed by atoms with van der Waals surface area (Å²) in [5.74, 6) is 0.650. The summed E-state index contributed by atoms with van der Waals surface area (Å²) in [6.07, 6.45) is 0.674. The lowest BCUT2D eigenvalue weighted by atomic mass is 9.85. The molecule has 0 aliphatic heterocycles. The number of ketones is 1. The Kier molecular flexibility index (Phi) is 5.67. The standard InChI is InChI=1S/C22H19BrO2/c1-25-20-13-9-18(10-14-20)22(24)21(15-16-5-3-2-4-6-16)17-7-11-19(23)12-8-17/h2-14,21H,15H2,1H3. The van der Waals surface area contributed by atoms with Crippen LogP contribution in [0.3, 0.4) is 0 Å². The second-order valence-electron chi connectivity index (χ2n) is 5.89. The molecule has 0 spiro atoms. The quantitative estimate of drug-likeness (QED) is 0.503. The van der Waals surface area contributed by atoms with E-state index >= 15 is 0 Å². The zero-order valence-corrected chi connectivity index (χ0v) is 15.6. The first-order valence-corrected chi connectivity index (χ1v) is 8.94. The summed E-state index contributed by atoms with van der Waals surface area (Å²) in [6.45, 7) is 0. The number of methoxy groups -OCH3 is 1. The molecular formula is C22H19BrO2. The molecule has 0 amide bonds. The van der Waals surface area contributed by atoms with Crippen molar-refractivity contribution in [3.8, 4) is 5.75 Å². The lowest BCUT2D eigenvalue weighted by molar-refractivity contribution is 0.0959. The van der Waals surface area contributed by atoms with Gasteiger partial charge in [-0.2, -0.15) is 0 Å². The minimum atomic E-state index is -0.219. The average molecular weight is 395 g/mol. The van der Waals surface area contributed by atoms with Gasteiger partial charge in [0.05, 0.1) is 13.0 Å². The Morgan fingerprint density at radius 1 is 0.920 bits per heavy atom. The zero-order valence-electron chi connectivity index (χ0n) is 14.0. The van der Waals surface area contributed by atoms with Crippen LogP contribution in [0, 0.1) is 0 Å². The lowest BCUT2D eigenvalue weighted by Crippen LogP contribution is -2.15. The van der Waals surface area contributed by atoms with Crippen molar-refractivity contribution in [3.05, 3.63) is 100 Å². The van der Waals surface area contributed by atoms with Gasteiger partial charge in [-0.15, -0.1) is 0 Å². The van der Waals surface area contributed by atoms with Crippen LogP contribution in [-0.4, -0.2) is 12.9 Å². The summed E-state index contributed by atoms with van der Waals surface area (Å²) in [4.78, 5) is 13.2. The molecule has 0 aliphatic rings. The number of carbonyl (C=O) groups is 1. The predicted molar refractivity (Wildman–Crippen MR) is 104 cm³/mol. The third-order valence-corrected chi connectivity index (χ3v) is 4.77. The second kappa shape index (κ2) is 8.13. The third kappa shape index (κ3) is 4.37. The fourth-order valence-electron chi connectivity index (χ4n) is 2.86. The molecule has 0 N–H and O–H groups in total. The van der Waals surface area contributed by atoms with E-state index in [-0.39, 0.29) is 11.7 Å². The molecule has 0 heterocycles. The van der Waals surface area contributed by atoms with E-state index < -0.39 is 0 Å². The Hall–Kier alpha value is -2.39. The molecule has 0 bridgehead atoms. The van der Waals surface area contributed by atoms with E-state index in [0.29, 0.717) is 12.0 Å². The first kappa shape index (κ1) is 17.4. The summed E-state index contributed by atoms with van der Waals surface area (Å²) in [5, 5.41) is 0. The summed E-state index contributed by atoms with van der Waals surface area (Å²) in [7, 11) is 1.62. The van der Waals surface area contributed by atoms with E-state index in [2.05, 4.69) is 28.1 Å². The molecule has 126 valence electrons. The Morgan fingerprint density at radius 2 is 1.56 bits per heavy atom. The molecule has 3 aromatic carbocycles. The highest BCUT2D eigenvalue weighted by atomic mass is 79.9. The molecule has 0 fully saturated rings. The topological polar surface area (TPSA) is 26.3 Å². The van der Waals surface area contributed by atoms with Gasteiger partial charge in [-0.1, -0.05) is 58.4 Å². The molecule has 2 nitrogen and oxygen atoms in total. The maximum atomic E-state index is 13.2. The zero-order chi connectivity index (χ0) is 17.6. The van der Waals surface area contributed by atoms with Crippen LogP contribution in [0.2, 0.25) is 0 Å². The molecule has 0 radical (unpaired) electrons. The van der Waals surface area contributed by atoms with E-state index in [1.807, 2.05) is 66.7 Å². The number of benzene rings is 3. The number of halogens is 1. The Labute approximate surface area is 156 Å². The van der Waals surface area contributed by atoms with Crippen molar-refractivity contribution in [2.45, 2.75) is 12.3 Å². The minimum Gasteiger partial charge on any atom is -0.497 e. The maximum Gasteiger partial charge on any atom is 0.170 e. The van der Waals surface area contributed by atoms with Crippen molar-refractivity contribution in [3.63, 3.8) is 0 Å². The molecule has 0 aromatic heterocycles. The van der Waals surface area contributed by atoms with E-state index in [4.69, 9.17) is 4.74 Å². The summed E-state index contributed by atoms with van der Waals surface area (Å²) in [6, 6.07) is 25.4. The van der Waals surface area contributed by atoms with Crippen molar-refractivity contribution in [1.82, 2.24) is 0 Å². The SMILES string of the molecule is COc1ccc(C(=O)C(Cc2ccccc2)c2ccc(Br)cc2)cc1. The van der Waals surface area contributed by atoms with Crippen molar-refractivity contribution in [1.29, 1.82) is 0 Å². The Bertz CT molecular complexity index is 824. The van der Waals surface area contributed by atoms with Gasteiger partial charge in [-0.25, -0.2) is 0 Å². The Morgan fingerprint density at radius 3 is 2.16 bits per heavy atom. The molecule has 1 unspecified atom stereocenters. The van der Waals surface area contributed by atoms with Gasteiger partial charge in [-0.3, -0.25) is 4.79 Å².